The smallest absolute Gasteiger partial charge is 0.350 e. The van der Waals surface area contributed by atoms with Crippen molar-refractivity contribution in [1.29, 1.82) is 0 Å². The second-order valence-electron chi connectivity index (χ2n) is 3.65. The summed E-state index contributed by atoms with van der Waals surface area (Å²) in [6.07, 6.45) is -3.68. The molecule has 1 aliphatic rings. The quantitative estimate of drug-likeness (QED) is 0.716. The average Bonchev–Trinajstić information content (AvgIpc) is 2.02. The molecular formula is C9H15F3O2. The Morgan fingerprint density at radius 1 is 1.21 bits per heavy atom. The predicted molar refractivity (Wildman–Crippen MR) is 44.8 cm³/mol. The van der Waals surface area contributed by atoms with E-state index in [0.717, 1.165) is 6.42 Å². The normalized spacial score (nSPS) is 22.3. The predicted octanol–water partition coefficient (Wildman–Crippen LogP) is 2.87. The molecule has 0 aliphatic carbocycles. The summed E-state index contributed by atoms with van der Waals surface area (Å²) in [5.74, 6) is -0.802. The maximum absolute atomic E-state index is 11.9. The minimum Gasteiger partial charge on any atom is -0.350 e. The van der Waals surface area contributed by atoms with E-state index in [0.29, 0.717) is 19.6 Å². The third kappa shape index (κ3) is 4.28. The van der Waals surface area contributed by atoms with Crippen LogP contribution in [0.2, 0.25) is 0 Å². The van der Waals surface area contributed by atoms with E-state index in [4.69, 9.17) is 9.47 Å². The molecule has 1 rings (SSSR count). The van der Waals surface area contributed by atoms with Crippen molar-refractivity contribution in [2.24, 2.45) is 0 Å². The summed E-state index contributed by atoms with van der Waals surface area (Å²) in [5, 5.41) is 0. The van der Waals surface area contributed by atoms with E-state index in [-0.39, 0.29) is 6.42 Å². The summed E-state index contributed by atoms with van der Waals surface area (Å²) < 4.78 is 46.1. The molecule has 1 aliphatic heterocycles. The van der Waals surface area contributed by atoms with Gasteiger partial charge in [0.2, 0.25) is 0 Å². The van der Waals surface area contributed by atoms with Crippen LogP contribution in [0.3, 0.4) is 0 Å². The fraction of sp³-hybridized carbons (Fsp3) is 1.00. The summed E-state index contributed by atoms with van der Waals surface area (Å²) in [6, 6.07) is 0. The van der Waals surface area contributed by atoms with E-state index >= 15 is 0 Å². The SMILES string of the molecule is CC1(CCCC(F)(F)F)OCCCO1. The van der Waals surface area contributed by atoms with E-state index in [9.17, 15) is 13.2 Å². The lowest BCUT2D eigenvalue weighted by Crippen LogP contribution is -2.37. The second-order valence-corrected chi connectivity index (χ2v) is 3.65. The zero-order valence-corrected chi connectivity index (χ0v) is 8.19. The molecule has 1 fully saturated rings. The van der Waals surface area contributed by atoms with Gasteiger partial charge in [0.15, 0.2) is 5.79 Å². The van der Waals surface area contributed by atoms with Crippen LogP contribution in [0.1, 0.15) is 32.6 Å². The molecule has 0 spiro atoms. The number of rotatable bonds is 3. The molecule has 0 bridgehead atoms. The largest absolute Gasteiger partial charge is 0.389 e. The van der Waals surface area contributed by atoms with E-state index in [1.807, 2.05) is 0 Å². The Balaban J connectivity index is 2.22. The van der Waals surface area contributed by atoms with Gasteiger partial charge >= 0.3 is 6.18 Å². The fourth-order valence-electron chi connectivity index (χ4n) is 1.43. The van der Waals surface area contributed by atoms with Crippen molar-refractivity contribution < 1.29 is 22.6 Å². The van der Waals surface area contributed by atoms with Gasteiger partial charge in [0, 0.05) is 12.8 Å². The zero-order valence-electron chi connectivity index (χ0n) is 8.19. The van der Waals surface area contributed by atoms with Crippen molar-refractivity contribution in [3.63, 3.8) is 0 Å². The molecule has 0 unspecified atom stereocenters. The lowest BCUT2D eigenvalue weighted by molar-refractivity contribution is -0.261. The average molecular weight is 212 g/mol. The number of halogens is 3. The van der Waals surface area contributed by atoms with Gasteiger partial charge in [0.25, 0.3) is 0 Å². The molecule has 1 heterocycles. The van der Waals surface area contributed by atoms with Crippen LogP contribution in [0.25, 0.3) is 0 Å². The molecule has 14 heavy (non-hydrogen) atoms. The standard InChI is InChI=1S/C9H15F3O2/c1-8(13-6-3-7-14-8)4-2-5-9(10,11)12/h2-7H2,1H3. The highest BCUT2D eigenvalue weighted by Gasteiger charge is 2.32. The Morgan fingerprint density at radius 2 is 1.79 bits per heavy atom. The first-order chi connectivity index (χ1) is 6.41. The molecule has 0 atom stereocenters. The maximum atomic E-state index is 11.9. The van der Waals surface area contributed by atoms with Crippen LogP contribution in [-0.4, -0.2) is 25.2 Å². The molecule has 5 heteroatoms. The van der Waals surface area contributed by atoms with Gasteiger partial charge in [0.05, 0.1) is 13.2 Å². The maximum Gasteiger partial charge on any atom is 0.389 e. The number of hydrogen-bond acceptors (Lipinski definition) is 2. The highest BCUT2D eigenvalue weighted by atomic mass is 19.4. The highest BCUT2D eigenvalue weighted by Crippen LogP contribution is 2.28. The molecule has 0 aromatic heterocycles. The van der Waals surface area contributed by atoms with Crippen LogP contribution >= 0.6 is 0 Å². The number of ether oxygens (including phenoxy) is 2. The van der Waals surface area contributed by atoms with Crippen molar-refractivity contribution in [3.8, 4) is 0 Å². The second kappa shape index (κ2) is 4.49. The van der Waals surface area contributed by atoms with Gasteiger partial charge in [-0.25, -0.2) is 0 Å². The molecule has 0 N–H and O–H groups in total. The van der Waals surface area contributed by atoms with E-state index in [2.05, 4.69) is 0 Å². The van der Waals surface area contributed by atoms with Crippen molar-refractivity contribution in [2.75, 3.05) is 13.2 Å². The van der Waals surface area contributed by atoms with Crippen molar-refractivity contribution in [3.05, 3.63) is 0 Å². The highest BCUT2D eigenvalue weighted by molar-refractivity contribution is 4.68. The van der Waals surface area contributed by atoms with Gasteiger partial charge in [-0.2, -0.15) is 13.2 Å². The summed E-state index contributed by atoms with van der Waals surface area (Å²) in [4.78, 5) is 0. The first kappa shape index (κ1) is 11.8. The van der Waals surface area contributed by atoms with Gasteiger partial charge in [-0.1, -0.05) is 0 Å². The minimum atomic E-state index is -4.08. The monoisotopic (exact) mass is 212 g/mol. The third-order valence-electron chi connectivity index (χ3n) is 2.19. The van der Waals surface area contributed by atoms with E-state index < -0.39 is 18.4 Å². The van der Waals surface area contributed by atoms with Crippen LogP contribution in [0.15, 0.2) is 0 Å². The van der Waals surface area contributed by atoms with Gasteiger partial charge in [-0.15, -0.1) is 0 Å². The fourth-order valence-corrected chi connectivity index (χ4v) is 1.43. The first-order valence-electron chi connectivity index (χ1n) is 4.76. The Morgan fingerprint density at radius 3 is 2.29 bits per heavy atom. The molecular weight excluding hydrogens is 197 g/mol. The Hall–Kier alpha value is -0.290. The summed E-state index contributed by atoms with van der Waals surface area (Å²) in [7, 11) is 0. The summed E-state index contributed by atoms with van der Waals surface area (Å²) in [5.41, 5.74) is 0. The first-order valence-corrected chi connectivity index (χ1v) is 4.76. The van der Waals surface area contributed by atoms with Crippen LogP contribution < -0.4 is 0 Å². The van der Waals surface area contributed by atoms with E-state index in [1.54, 1.807) is 6.92 Å². The zero-order chi connectivity index (χ0) is 10.7. The lowest BCUT2D eigenvalue weighted by atomic mass is 10.1. The van der Waals surface area contributed by atoms with Crippen LogP contribution in [0.5, 0.6) is 0 Å². The van der Waals surface area contributed by atoms with Gasteiger partial charge in [-0.05, 0) is 19.8 Å². The van der Waals surface area contributed by atoms with Crippen LogP contribution in [0, 0.1) is 0 Å². The summed E-state index contributed by atoms with van der Waals surface area (Å²) in [6.45, 7) is 2.84. The summed E-state index contributed by atoms with van der Waals surface area (Å²) >= 11 is 0. The molecule has 2 nitrogen and oxygen atoms in total. The molecule has 0 aromatic rings. The topological polar surface area (TPSA) is 18.5 Å². The number of hydrogen-bond donors (Lipinski definition) is 0. The number of alkyl halides is 3. The Bertz CT molecular complexity index is 173. The Labute approximate surface area is 81.4 Å². The molecule has 84 valence electrons. The van der Waals surface area contributed by atoms with Crippen LogP contribution in [-0.2, 0) is 9.47 Å². The van der Waals surface area contributed by atoms with Gasteiger partial charge < -0.3 is 9.47 Å². The molecule has 0 radical (unpaired) electrons. The minimum absolute atomic E-state index is 0.0556. The van der Waals surface area contributed by atoms with Gasteiger partial charge in [0.1, 0.15) is 0 Å². The van der Waals surface area contributed by atoms with Crippen LogP contribution in [0.4, 0.5) is 13.2 Å². The van der Waals surface area contributed by atoms with Gasteiger partial charge in [-0.3, -0.25) is 0 Å². The van der Waals surface area contributed by atoms with E-state index in [1.165, 1.54) is 0 Å². The molecule has 0 aromatic carbocycles. The third-order valence-corrected chi connectivity index (χ3v) is 2.19. The molecule has 0 amide bonds. The molecule has 0 saturated carbocycles. The van der Waals surface area contributed by atoms with Crippen molar-refractivity contribution >= 4 is 0 Å². The molecule has 1 saturated heterocycles. The van der Waals surface area contributed by atoms with Crippen molar-refractivity contribution in [2.45, 2.75) is 44.6 Å². The lowest BCUT2D eigenvalue weighted by Gasteiger charge is -2.34. The van der Waals surface area contributed by atoms with Crippen molar-refractivity contribution in [1.82, 2.24) is 0 Å². The Kier molecular flexibility index (Phi) is 3.78.